The Bertz CT molecular complexity index is 997. The molecular formula is C19H20F2N6O. The fourth-order valence-electron chi connectivity index (χ4n) is 3.37. The highest BCUT2D eigenvalue weighted by Gasteiger charge is 2.23. The van der Waals surface area contributed by atoms with Crippen molar-refractivity contribution < 1.29 is 13.6 Å². The van der Waals surface area contributed by atoms with Gasteiger partial charge in [-0.2, -0.15) is 4.52 Å². The van der Waals surface area contributed by atoms with E-state index in [1.54, 1.807) is 15.7 Å². The Morgan fingerprint density at radius 1 is 1.18 bits per heavy atom. The molecule has 1 fully saturated rings. The number of carbonyl (C=O) groups excluding carboxylic acids is 1. The van der Waals surface area contributed by atoms with Crippen LogP contribution in [0.4, 0.5) is 14.6 Å². The van der Waals surface area contributed by atoms with E-state index in [4.69, 9.17) is 0 Å². The molecule has 1 aliphatic rings. The Morgan fingerprint density at radius 2 is 1.96 bits per heavy atom. The SMILES string of the molecule is CC(F)c1cc(CC(=O)N2CCN(c3ccc4nncn4n3)CC2)ccc1F. The Morgan fingerprint density at radius 3 is 2.71 bits per heavy atom. The number of alkyl halides is 1. The van der Waals surface area contributed by atoms with Crippen molar-refractivity contribution in [1.82, 2.24) is 24.7 Å². The second-order valence-electron chi connectivity index (χ2n) is 6.84. The summed E-state index contributed by atoms with van der Waals surface area (Å²) in [4.78, 5) is 16.5. The van der Waals surface area contributed by atoms with Crippen LogP contribution >= 0.6 is 0 Å². The average Bonchev–Trinajstić information content (AvgIpc) is 3.17. The summed E-state index contributed by atoms with van der Waals surface area (Å²) in [5.41, 5.74) is 1.29. The zero-order valence-corrected chi connectivity index (χ0v) is 15.4. The topological polar surface area (TPSA) is 66.6 Å². The van der Waals surface area contributed by atoms with Gasteiger partial charge >= 0.3 is 0 Å². The second kappa shape index (κ2) is 7.49. The standard InChI is InChI=1S/C19H20F2N6O/c1-13(20)15-10-14(2-3-16(15)21)11-19(28)26-8-6-25(7-9-26)18-5-4-17-23-22-12-27(17)24-18/h2-5,10,12-13H,6-9,11H2,1H3. The summed E-state index contributed by atoms with van der Waals surface area (Å²) in [6.07, 6.45) is 0.271. The third kappa shape index (κ3) is 3.64. The van der Waals surface area contributed by atoms with Crippen LogP contribution < -0.4 is 4.90 Å². The maximum Gasteiger partial charge on any atom is 0.227 e. The third-order valence-electron chi connectivity index (χ3n) is 4.95. The molecule has 1 unspecified atom stereocenters. The molecule has 3 heterocycles. The molecule has 1 aromatic carbocycles. The van der Waals surface area contributed by atoms with Gasteiger partial charge in [0.25, 0.3) is 0 Å². The quantitative estimate of drug-likeness (QED) is 0.688. The molecule has 0 radical (unpaired) electrons. The molecule has 146 valence electrons. The molecule has 4 rings (SSSR count). The normalized spacial score (nSPS) is 15.8. The highest BCUT2D eigenvalue weighted by molar-refractivity contribution is 5.79. The number of fused-ring (bicyclic) bond motifs is 1. The lowest BCUT2D eigenvalue weighted by Gasteiger charge is -2.35. The van der Waals surface area contributed by atoms with Crippen molar-refractivity contribution in [3.63, 3.8) is 0 Å². The van der Waals surface area contributed by atoms with Gasteiger partial charge in [0.05, 0.1) is 6.42 Å². The number of hydrogen-bond donors (Lipinski definition) is 0. The van der Waals surface area contributed by atoms with Crippen molar-refractivity contribution in [3.05, 3.63) is 53.6 Å². The smallest absolute Gasteiger partial charge is 0.227 e. The van der Waals surface area contributed by atoms with Gasteiger partial charge in [-0.05, 0) is 36.8 Å². The van der Waals surface area contributed by atoms with E-state index < -0.39 is 12.0 Å². The van der Waals surface area contributed by atoms with Gasteiger partial charge in [0.1, 0.15) is 24.1 Å². The largest absolute Gasteiger partial charge is 0.352 e. The number of halogens is 2. The maximum atomic E-state index is 13.6. The summed E-state index contributed by atoms with van der Waals surface area (Å²) in [5.74, 6) is 0.169. The first-order valence-corrected chi connectivity index (χ1v) is 9.13. The van der Waals surface area contributed by atoms with Crippen molar-refractivity contribution in [3.8, 4) is 0 Å². The van der Waals surface area contributed by atoms with Gasteiger partial charge in [0.15, 0.2) is 5.65 Å². The van der Waals surface area contributed by atoms with Crippen LogP contribution in [0.1, 0.15) is 24.2 Å². The number of nitrogens with zero attached hydrogens (tertiary/aromatic N) is 6. The molecule has 3 aromatic rings. The number of rotatable bonds is 4. The monoisotopic (exact) mass is 386 g/mol. The van der Waals surface area contributed by atoms with E-state index in [1.165, 1.54) is 25.1 Å². The lowest BCUT2D eigenvalue weighted by atomic mass is 10.0. The number of piperazine rings is 1. The van der Waals surface area contributed by atoms with Crippen LogP contribution in [0.2, 0.25) is 0 Å². The van der Waals surface area contributed by atoms with Crippen LogP contribution in [0, 0.1) is 5.82 Å². The molecule has 1 saturated heterocycles. The Kier molecular flexibility index (Phi) is 4.89. The van der Waals surface area contributed by atoms with Crippen molar-refractivity contribution in [2.24, 2.45) is 0 Å². The van der Waals surface area contributed by atoms with Crippen LogP contribution in [0.25, 0.3) is 5.65 Å². The molecule has 2 aromatic heterocycles. The summed E-state index contributed by atoms with van der Waals surface area (Å²) in [6.45, 7) is 3.72. The van der Waals surface area contributed by atoms with Gasteiger partial charge in [-0.3, -0.25) is 4.79 Å². The number of anilines is 1. The number of amides is 1. The molecule has 1 amide bonds. The van der Waals surface area contributed by atoms with E-state index in [0.717, 1.165) is 5.82 Å². The molecule has 1 atom stereocenters. The minimum absolute atomic E-state index is 0.00872. The maximum absolute atomic E-state index is 13.6. The van der Waals surface area contributed by atoms with Crippen molar-refractivity contribution in [2.75, 3.05) is 31.1 Å². The molecular weight excluding hydrogens is 366 g/mol. The first-order chi connectivity index (χ1) is 13.5. The van der Waals surface area contributed by atoms with Gasteiger partial charge < -0.3 is 9.80 Å². The summed E-state index contributed by atoms with van der Waals surface area (Å²) < 4.78 is 28.7. The van der Waals surface area contributed by atoms with E-state index in [2.05, 4.69) is 20.2 Å². The molecule has 28 heavy (non-hydrogen) atoms. The number of hydrogen-bond acceptors (Lipinski definition) is 5. The highest BCUT2D eigenvalue weighted by atomic mass is 19.1. The van der Waals surface area contributed by atoms with E-state index in [0.29, 0.717) is 37.4 Å². The predicted molar refractivity (Wildman–Crippen MR) is 99.2 cm³/mol. The van der Waals surface area contributed by atoms with Crippen molar-refractivity contribution >= 4 is 17.4 Å². The Labute approximate surface area is 160 Å². The van der Waals surface area contributed by atoms with Crippen LogP contribution in [0.5, 0.6) is 0 Å². The average molecular weight is 386 g/mol. The minimum Gasteiger partial charge on any atom is -0.352 e. The summed E-state index contributed by atoms with van der Waals surface area (Å²) in [5, 5.41) is 12.2. The van der Waals surface area contributed by atoms with Gasteiger partial charge in [-0.25, -0.2) is 8.78 Å². The third-order valence-corrected chi connectivity index (χ3v) is 4.95. The zero-order chi connectivity index (χ0) is 19.7. The molecule has 0 spiro atoms. The summed E-state index contributed by atoms with van der Waals surface area (Å²) in [6, 6.07) is 7.93. The molecule has 1 aliphatic heterocycles. The highest BCUT2D eigenvalue weighted by Crippen LogP contribution is 2.22. The fraction of sp³-hybridized carbons (Fsp3) is 0.368. The van der Waals surface area contributed by atoms with Crippen molar-refractivity contribution in [2.45, 2.75) is 19.5 Å². The predicted octanol–water partition coefficient (Wildman–Crippen LogP) is 2.19. The van der Waals surface area contributed by atoms with Crippen molar-refractivity contribution in [1.29, 1.82) is 0 Å². The second-order valence-corrected chi connectivity index (χ2v) is 6.84. The van der Waals surface area contributed by atoms with E-state index in [1.807, 2.05) is 12.1 Å². The molecule has 0 saturated carbocycles. The van der Waals surface area contributed by atoms with Gasteiger partial charge in [0, 0.05) is 31.7 Å². The van der Waals surface area contributed by atoms with E-state index in [9.17, 15) is 13.6 Å². The lowest BCUT2D eigenvalue weighted by Crippen LogP contribution is -2.49. The first-order valence-electron chi connectivity index (χ1n) is 9.13. The minimum atomic E-state index is -1.41. The first kappa shape index (κ1) is 18.3. The Hall–Kier alpha value is -3.10. The van der Waals surface area contributed by atoms with E-state index >= 15 is 0 Å². The molecule has 0 aliphatic carbocycles. The van der Waals surface area contributed by atoms with Crippen LogP contribution in [0.3, 0.4) is 0 Å². The van der Waals surface area contributed by atoms with Crippen LogP contribution in [0.15, 0.2) is 36.7 Å². The van der Waals surface area contributed by atoms with Crippen LogP contribution in [-0.2, 0) is 11.2 Å². The molecule has 0 bridgehead atoms. The van der Waals surface area contributed by atoms with Gasteiger partial charge in [0.2, 0.25) is 5.91 Å². The molecule has 7 nitrogen and oxygen atoms in total. The van der Waals surface area contributed by atoms with E-state index in [-0.39, 0.29) is 17.9 Å². The van der Waals surface area contributed by atoms with Crippen LogP contribution in [-0.4, -0.2) is 56.8 Å². The number of benzene rings is 1. The fourth-order valence-corrected chi connectivity index (χ4v) is 3.37. The number of carbonyl (C=O) groups is 1. The summed E-state index contributed by atoms with van der Waals surface area (Å²) in [7, 11) is 0. The Balaban J connectivity index is 1.38. The lowest BCUT2D eigenvalue weighted by molar-refractivity contribution is -0.130. The summed E-state index contributed by atoms with van der Waals surface area (Å²) >= 11 is 0. The zero-order valence-electron chi connectivity index (χ0n) is 15.4. The number of aromatic nitrogens is 4. The van der Waals surface area contributed by atoms with Gasteiger partial charge in [-0.15, -0.1) is 15.3 Å². The van der Waals surface area contributed by atoms with Gasteiger partial charge in [-0.1, -0.05) is 6.07 Å². The molecule has 0 N–H and O–H groups in total. The molecule has 9 heteroatoms.